The Labute approximate surface area is 109 Å². The summed E-state index contributed by atoms with van der Waals surface area (Å²) >= 11 is 0. The smallest absolute Gasteiger partial charge is 0.0862 e. The predicted octanol–water partition coefficient (Wildman–Crippen LogP) is 1.09. The second-order valence-electron chi connectivity index (χ2n) is 5.48. The van der Waals surface area contributed by atoms with Crippen molar-refractivity contribution in [1.29, 1.82) is 0 Å². The fourth-order valence-electron chi connectivity index (χ4n) is 2.83. The number of nitrogen functional groups attached to an aromatic ring is 1. The van der Waals surface area contributed by atoms with Crippen molar-refractivity contribution in [3.8, 4) is 0 Å². The van der Waals surface area contributed by atoms with Crippen LogP contribution in [0.1, 0.15) is 33.1 Å². The number of nitrogens with zero attached hydrogens (tertiary/aromatic N) is 3. The van der Waals surface area contributed by atoms with Crippen molar-refractivity contribution in [3.05, 3.63) is 12.4 Å². The van der Waals surface area contributed by atoms with Crippen molar-refractivity contribution in [2.75, 3.05) is 12.3 Å². The first-order chi connectivity index (χ1) is 8.56. The summed E-state index contributed by atoms with van der Waals surface area (Å²) < 4.78 is 1.71. The Kier molecular flexibility index (Phi) is 4.24. The quantitative estimate of drug-likeness (QED) is 0.841. The fourth-order valence-corrected chi connectivity index (χ4v) is 2.83. The average Bonchev–Trinajstić information content (AvgIpc) is 2.69. The lowest BCUT2D eigenvalue weighted by atomic mass is 9.97. The Hall–Kier alpha value is -1.07. The number of piperidine rings is 1. The second kappa shape index (κ2) is 5.71. The number of aliphatic hydroxyl groups excluding tert-OH is 1. The zero-order valence-corrected chi connectivity index (χ0v) is 11.3. The van der Waals surface area contributed by atoms with Gasteiger partial charge in [-0.05, 0) is 26.7 Å². The van der Waals surface area contributed by atoms with Crippen LogP contribution in [0.25, 0.3) is 0 Å². The van der Waals surface area contributed by atoms with E-state index in [2.05, 4.69) is 23.8 Å². The van der Waals surface area contributed by atoms with E-state index in [1.165, 1.54) is 19.3 Å². The minimum Gasteiger partial charge on any atom is -0.396 e. The number of nitrogens with two attached hydrogens (primary N) is 1. The summed E-state index contributed by atoms with van der Waals surface area (Å²) in [7, 11) is 0. The highest BCUT2D eigenvalue weighted by molar-refractivity contribution is 5.30. The van der Waals surface area contributed by atoms with Crippen LogP contribution in [0, 0.1) is 0 Å². The summed E-state index contributed by atoms with van der Waals surface area (Å²) in [6, 6.07) is 1.12. The molecule has 1 saturated heterocycles. The topological polar surface area (TPSA) is 67.3 Å². The number of aliphatic hydroxyl groups is 1. The second-order valence-corrected chi connectivity index (χ2v) is 5.48. The molecule has 0 bridgehead atoms. The maximum absolute atomic E-state index is 10.2. The standard InChI is InChI=1S/C13H24N4O/c1-10-4-3-5-11(2)17(10)9-13(18)8-16-7-12(14)6-15-16/h6-7,10-11,13,18H,3-5,8-9,14H2,1-2H3/t10-,11+,13?. The van der Waals surface area contributed by atoms with E-state index in [-0.39, 0.29) is 0 Å². The summed E-state index contributed by atoms with van der Waals surface area (Å²) in [5.41, 5.74) is 6.25. The molecule has 0 spiro atoms. The van der Waals surface area contributed by atoms with Gasteiger partial charge in [-0.2, -0.15) is 5.10 Å². The number of rotatable bonds is 4. The van der Waals surface area contributed by atoms with Crippen LogP contribution in [0.5, 0.6) is 0 Å². The Bertz CT molecular complexity index is 369. The molecular weight excluding hydrogens is 228 g/mol. The van der Waals surface area contributed by atoms with Crippen molar-refractivity contribution >= 4 is 5.69 Å². The zero-order chi connectivity index (χ0) is 13.1. The van der Waals surface area contributed by atoms with E-state index < -0.39 is 6.10 Å². The molecule has 0 radical (unpaired) electrons. The van der Waals surface area contributed by atoms with Gasteiger partial charge in [-0.15, -0.1) is 0 Å². The third-order valence-corrected chi connectivity index (χ3v) is 3.85. The maximum atomic E-state index is 10.2. The van der Waals surface area contributed by atoms with E-state index in [1.54, 1.807) is 17.1 Å². The number of hydrogen-bond acceptors (Lipinski definition) is 4. The molecule has 0 amide bonds. The zero-order valence-electron chi connectivity index (χ0n) is 11.3. The molecule has 1 aliphatic rings. The van der Waals surface area contributed by atoms with E-state index >= 15 is 0 Å². The number of anilines is 1. The molecule has 1 unspecified atom stereocenters. The lowest BCUT2D eigenvalue weighted by molar-refractivity contribution is 0.0333. The lowest BCUT2D eigenvalue weighted by Gasteiger charge is -2.40. The molecule has 2 rings (SSSR count). The van der Waals surface area contributed by atoms with Gasteiger partial charge in [0.2, 0.25) is 0 Å². The molecule has 5 heteroatoms. The molecule has 102 valence electrons. The van der Waals surface area contributed by atoms with Gasteiger partial charge in [-0.1, -0.05) is 6.42 Å². The fraction of sp³-hybridized carbons (Fsp3) is 0.769. The van der Waals surface area contributed by atoms with Crippen molar-refractivity contribution in [3.63, 3.8) is 0 Å². The van der Waals surface area contributed by atoms with Gasteiger partial charge in [0.05, 0.1) is 24.5 Å². The highest BCUT2D eigenvalue weighted by Crippen LogP contribution is 2.22. The van der Waals surface area contributed by atoms with Crippen molar-refractivity contribution < 1.29 is 5.11 Å². The maximum Gasteiger partial charge on any atom is 0.0862 e. The molecule has 0 aliphatic carbocycles. The summed E-state index contributed by atoms with van der Waals surface area (Å²) in [5, 5.41) is 14.3. The van der Waals surface area contributed by atoms with Gasteiger partial charge >= 0.3 is 0 Å². The monoisotopic (exact) mass is 252 g/mol. The SMILES string of the molecule is C[C@@H]1CCC[C@H](C)N1CC(O)Cn1cc(N)cn1. The molecule has 18 heavy (non-hydrogen) atoms. The molecule has 1 fully saturated rings. The molecule has 5 nitrogen and oxygen atoms in total. The number of aromatic nitrogens is 2. The van der Waals surface area contributed by atoms with Crippen LogP contribution in [0.2, 0.25) is 0 Å². The summed E-state index contributed by atoms with van der Waals surface area (Å²) in [5.74, 6) is 0. The van der Waals surface area contributed by atoms with Gasteiger partial charge < -0.3 is 10.8 Å². The molecule has 1 aliphatic heterocycles. The number of likely N-dealkylation sites (tertiary alicyclic amines) is 1. The van der Waals surface area contributed by atoms with Crippen molar-refractivity contribution in [1.82, 2.24) is 14.7 Å². The molecule has 0 aromatic carbocycles. The van der Waals surface area contributed by atoms with E-state index in [0.29, 0.717) is 30.9 Å². The molecule has 3 atom stereocenters. The summed E-state index contributed by atoms with van der Waals surface area (Å²) in [4.78, 5) is 2.40. The molecule has 0 saturated carbocycles. The van der Waals surface area contributed by atoms with Crippen LogP contribution < -0.4 is 5.73 Å². The predicted molar refractivity (Wildman–Crippen MR) is 72.1 cm³/mol. The van der Waals surface area contributed by atoms with E-state index in [1.807, 2.05) is 0 Å². The molecule has 1 aromatic rings. The lowest BCUT2D eigenvalue weighted by Crippen LogP contribution is -2.48. The highest BCUT2D eigenvalue weighted by Gasteiger charge is 2.26. The van der Waals surface area contributed by atoms with Gasteiger partial charge in [-0.3, -0.25) is 9.58 Å². The van der Waals surface area contributed by atoms with Crippen molar-refractivity contribution in [2.24, 2.45) is 0 Å². The van der Waals surface area contributed by atoms with Gasteiger partial charge in [0, 0.05) is 24.8 Å². The van der Waals surface area contributed by atoms with Crippen LogP contribution in [0.4, 0.5) is 5.69 Å². The minimum atomic E-state index is -0.396. The van der Waals surface area contributed by atoms with Gasteiger partial charge in [0.25, 0.3) is 0 Å². The van der Waals surface area contributed by atoms with Gasteiger partial charge in [-0.25, -0.2) is 0 Å². The molecule has 1 aromatic heterocycles. The third kappa shape index (κ3) is 3.23. The first kappa shape index (κ1) is 13.4. The number of hydrogen-bond donors (Lipinski definition) is 2. The van der Waals surface area contributed by atoms with E-state index in [4.69, 9.17) is 5.73 Å². The van der Waals surface area contributed by atoms with Gasteiger partial charge in [0.15, 0.2) is 0 Å². The van der Waals surface area contributed by atoms with E-state index in [9.17, 15) is 5.11 Å². The van der Waals surface area contributed by atoms with Crippen LogP contribution in [-0.4, -0.2) is 44.5 Å². The Morgan fingerprint density at radius 1 is 1.39 bits per heavy atom. The van der Waals surface area contributed by atoms with Crippen molar-refractivity contribution in [2.45, 2.75) is 57.8 Å². The molecule has 3 N–H and O–H groups in total. The van der Waals surface area contributed by atoms with Crippen LogP contribution >= 0.6 is 0 Å². The Balaban J connectivity index is 1.88. The van der Waals surface area contributed by atoms with Gasteiger partial charge in [0.1, 0.15) is 0 Å². The number of β-amino-alcohol motifs (C(OH)–C–C–N with tert-alkyl or cyclic N) is 1. The highest BCUT2D eigenvalue weighted by atomic mass is 16.3. The Morgan fingerprint density at radius 2 is 2.06 bits per heavy atom. The average molecular weight is 252 g/mol. The van der Waals surface area contributed by atoms with Crippen LogP contribution in [0.3, 0.4) is 0 Å². The minimum absolute atomic E-state index is 0.396. The van der Waals surface area contributed by atoms with Crippen LogP contribution in [0.15, 0.2) is 12.4 Å². The normalized spacial score (nSPS) is 27.3. The Morgan fingerprint density at radius 3 is 2.61 bits per heavy atom. The molecular formula is C13H24N4O. The first-order valence-corrected chi connectivity index (χ1v) is 6.78. The largest absolute Gasteiger partial charge is 0.396 e. The molecule has 2 heterocycles. The summed E-state index contributed by atoms with van der Waals surface area (Å²) in [6.45, 7) is 5.71. The first-order valence-electron chi connectivity index (χ1n) is 6.78. The third-order valence-electron chi connectivity index (χ3n) is 3.85. The van der Waals surface area contributed by atoms with Crippen LogP contribution in [-0.2, 0) is 6.54 Å². The summed E-state index contributed by atoms with van der Waals surface area (Å²) in [6.07, 6.45) is 6.72. The van der Waals surface area contributed by atoms with E-state index in [0.717, 1.165) is 0 Å².